The van der Waals surface area contributed by atoms with Crippen molar-refractivity contribution in [2.24, 2.45) is 5.73 Å². The molecule has 1 saturated heterocycles. The van der Waals surface area contributed by atoms with Gasteiger partial charge in [0.2, 0.25) is 5.88 Å². The second-order valence-electron chi connectivity index (χ2n) is 7.66. The molecule has 0 saturated carbocycles. The van der Waals surface area contributed by atoms with E-state index < -0.39 is 11.9 Å². The number of hydrogen-bond donors (Lipinski definition) is 1. The van der Waals surface area contributed by atoms with Crippen molar-refractivity contribution in [1.82, 2.24) is 4.57 Å². The molecule has 1 fully saturated rings. The Bertz CT molecular complexity index is 1100. The lowest BCUT2D eigenvalue weighted by Gasteiger charge is -2.30. The first kappa shape index (κ1) is 21.0. The van der Waals surface area contributed by atoms with Crippen LogP contribution in [0.4, 0.5) is 0 Å². The van der Waals surface area contributed by atoms with Gasteiger partial charge in [-0.2, -0.15) is 0 Å². The van der Waals surface area contributed by atoms with Crippen molar-refractivity contribution in [2.75, 3.05) is 20.8 Å². The number of rotatable bonds is 5. The fourth-order valence-electron chi connectivity index (χ4n) is 4.33. The fourth-order valence-corrected chi connectivity index (χ4v) is 4.33. The van der Waals surface area contributed by atoms with E-state index in [1.807, 2.05) is 19.1 Å². The maximum Gasteiger partial charge on any atom is 0.340 e. The van der Waals surface area contributed by atoms with Gasteiger partial charge in [-0.25, -0.2) is 4.79 Å². The number of nitrogens with two attached hydrogens (primary N) is 1. The van der Waals surface area contributed by atoms with E-state index in [0.717, 1.165) is 18.5 Å². The fraction of sp³-hybridized carbons (Fsp3) is 0.391. The second kappa shape index (κ2) is 8.47. The van der Waals surface area contributed by atoms with Gasteiger partial charge in [0.25, 0.3) is 5.56 Å². The number of ether oxygens (including phenoxy) is 4. The van der Waals surface area contributed by atoms with Crippen molar-refractivity contribution in [3.8, 4) is 11.5 Å². The molecule has 0 spiro atoms. The summed E-state index contributed by atoms with van der Waals surface area (Å²) in [5.74, 6) is -0.695. The van der Waals surface area contributed by atoms with E-state index in [9.17, 15) is 9.59 Å². The molecule has 164 valence electrons. The van der Waals surface area contributed by atoms with Crippen LogP contribution in [0.5, 0.6) is 11.5 Å². The third-order valence-electron chi connectivity index (χ3n) is 5.83. The van der Waals surface area contributed by atoms with Gasteiger partial charge in [-0.05, 0) is 25.8 Å². The molecule has 1 aromatic carbocycles. The minimum atomic E-state index is -0.795. The zero-order valence-electron chi connectivity index (χ0n) is 17.8. The standard InChI is InChI=1S/C23H26N2O6/c1-13-11-17-19(22(26)25(13)12-14-7-6-10-30-14)18(15-8-4-5-9-16(15)28-2)20(21(24)31-17)23(27)29-3/h4-5,8-9,11,14,18H,6-7,10,12,24H2,1-3H3/t14-,18-/m0/s1. The molecule has 0 unspecified atom stereocenters. The molecule has 3 heterocycles. The number of carbonyl (C=O) groups is 1. The number of pyridine rings is 1. The number of fused-ring (bicyclic) bond motifs is 1. The summed E-state index contributed by atoms with van der Waals surface area (Å²) in [5, 5.41) is 0. The van der Waals surface area contributed by atoms with Gasteiger partial charge < -0.3 is 29.2 Å². The minimum absolute atomic E-state index is 0.0237. The predicted octanol–water partition coefficient (Wildman–Crippen LogP) is 2.21. The van der Waals surface area contributed by atoms with Crippen LogP contribution in [0, 0.1) is 6.92 Å². The lowest BCUT2D eigenvalue weighted by atomic mass is 9.83. The predicted molar refractivity (Wildman–Crippen MR) is 113 cm³/mol. The van der Waals surface area contributed by atoms with E-state index in [4.69, 9.17) is 24.7 Å². The van der Waals surface area contributed by atoms with E-state index >= 15 is 0 Å². The molecule has 8 heteroatoms. The SMILES string of the molecule is COC(=O)C1=C(N)Oc2cc(C)n(C[C@@H]3CCCO3)c(=O)c2[C@@H]1c1ccccc1OC. The molecule has 0 bridgehead atoms. The number of para-hydroxylation sites is 1. The van der Waals surface area contributed by atoms with E-state index in [1.54, 1.807) is 22.8 Å². The summed E-state index contributed by atoms with van der Waals surface area (Å²) in [6.45, 7) is 2.97. The van der Waals surface area contributed by atoms with Gasteiger partial charge in [-0.3, -0.25) is 4.79 Å². The molecule has 2 aliphatic rings. The van der Waals surface area contributed by atoms with Gasteiger partial charge in [0.1, 0.15) is 17.1 Å². The number of nitrogens with zero attached hydrogens (tertiary/aromatic N) is 1. The number of carbonyl (C=O) groups excluding carboxylic acids is 1. The first-order valence-corrected chi connectivity index (χ1v) is 10.2. The number of hydrogen-bond acceptors (Lipinski definition) is 7. The molecule has 0 radical (unpaired) electrons. The zero-order valence-corrected chi connectivity index (χ0v) is 17.8. The second-order valence-corrected chi connectivity index (χ2v) is 7.66. The van der Waals surface area contributed by atoms with Gasteiger partial charge in [0.15, 0.2) is 0 Å². The van der Waals surface area contributed by atoms with E-state index in [-0.39, 0.29) is 23.1 Å². The number of esters is 1. The molecule has 2 aliphatic heterocycles. The van der Waals surface area contributed by atoms with E-state index in [2.05, 4.69) is 0 Å². The van der Waals surface area contributed by atoms with Gasteiger partial charge in [-0.15, -0.1) is 0 Å². The lowest BCUT2D eigenvalue weighted by Crippen LogP contribution is -2.36. The molecule has 8 nitrogen and oxygen atoms in total. The molecule has 4 rings (SSSR count). The number of aryl methyl sites for hydroxylation is 1. The van der Waals surface area contributed by atoms with Crippen molar-refractivity contribution < 1.29 is 23.7 Å². The van der Waals surface area contributed by atoms with Crippen molar-refractivity contribution in [2.45, 2.75) is 38.3 Å². The average molecular weight is 426 g/mol. The van der Waals surface area contributed by atoms with Crippen LogP contribution in [-0.2, 0) is 20.8 Å². The van der Waals surface area contributed by atoms with Crippen LogP contribution in [-0.4, -0.2) is 37.5 Å². The third kappa shape index (κ3) is 3.67. The van der Waals surface area contributed by atoms with Crippen LogP contribution in [0.15, 0.2) is 46.6 Å². The Labute approximate surface area is 180 Å². The van der Waals surface area contributed by atoms with E-state index in [1.165, 1.54) is 14.2 Å². The van der Waals surface area contributed by atoms with Gasteiger partial charge in [-0.1, -0.05) is 18.2 Å². The molecular weight excluding hydrogens is 400 g/mol. The van der Waals surface area contributed by atoms with Crippen LogP contribution in [0.1, 0.15) is 35.6 Å². The Morgan fingerprint density at radius 1 is 1.29 bits per heavy atom. The first-order chi connectivity index (χ1) is 15.0. The van der Waals surface area contributed by atoms with Crippen LogP contribution >= 0.6 is 0 Å². The first-order valence-electron chi connectivity index (χ1n) is 10.2. The highest BCUT2D eigenvalue weighted by Gasteiger charge is 2.39. The Hall–Kier alpha value is -3.26. The normalized spacial score (nSPS) is 20.2. The summed E-state index contributed by atoms with van der Waals surface area (Å²) in [5.41, 5.74) is 7.64. The summed E-state index contributed by atoms with van der Waals surface area (Å²) >= 11 is 0. The summed E-state index contributed by atoms with van der Waals surface area (Å²) in [6.07, 6.45) is 1.85. The highest BCUT2D eigenvalue weighted by Crippen LogP contribution is 2.44. The Morgan fingerprint density at radius 2 is 2.06 bits per heavy atom. The highest BCUT2D eigenvalue weighted by molar-refractivity contribution is 5.92. The third-order valence-corrected chi connectivity index (χ3v) is 5.83. The average Bonchev–Trinajstić information content (AvgIpc) is 3.28. The van der Waals surface area contributed by atoms with Crippen LogP contribution in [0.2, 0.25) is 0 Å². The zero-order chi connectivity index (χ0) is 22.1. The minimum Gasteiger partial charge on any atom is -0.496 e. The largest absolute Gasteiger partial charge is 0.496 e. The molecule has 2 atom stereocenters. The van der Waals surface area contributed by atoms with Crippen molar-refractivity contribution in [1.29, 1.82) is 0 Å². The van der Waals surface area contributed by atoms with Gasteiger partial charge >= 0.3 is 5.97 Å². The molecule has 1 aromatic heterocycles. The van der Waals surface area contributed by atoms with Crippen molar-refractivity contribution in [3.05, 3.63) is 69.0 Å². The summed E-state index contributed by atoms with van der Waals surface area (Å²) in [7, 11) is 2.80. The van der Waals surface area contributed by atoms with Crippen LogP contribution in [0.25, 0.3) is 0 Å². The maximum atomic E-state index is 13.7. The quantitative estimate of drug-likeness (QED) is 0.732. The van der Waals surface area contributed by atoms with Crippen LogP contribution < -0.4 is 20.8 Å². The summed E-state index contributed by atoms with van der Waals surface area (Å²) in [6, 6.07) is 8.98. The molecule has 0 amide bonds. The Kier molecular flexibility index (Phi) is 5.73. The summed E-state index contributed by atoms with van der Waals surface area (Å²) < 4.78 is 23.7. The van der Waals surface area contributed by atoms with E-state index in [0.29, 0.717) is 35.8 Å². The molecular formula is C23H26N2O6. The monoisotopic (exact) mass is 426 g/mol. The topological polar surface area (TPSA) is 102 Å². The number of benzene rings is 1. The maximum absolute atomic E-state index is 13.7. The van der Waals surface area contributed by atoms with Gasteiger partial charge in [0.05, 0.1) is 38.3 Å². The Balaban J connectivity index is 1.95. The number of methoxy groups -OCH3 is 2. The molecule has 2 aromatic rings. The highest BCUT2D eigenvalue weighted by atomic mass is 16.5. The lowest BCUT2D eigenvalue weighted by molar-refractivity contribution is -0.136. The smallest absolute Gasteiger partial charge is 0.340 e. The van der Waals surface area contributed by atoms with Crippen molar-refractivity contribution >= 4 is 5.97 Å². The van der Waals surface area contributed by atoms with Gasteiger partial charge in [0, 0.05) is 23.9 Å². The number of aromatic nitrogens is 1. The molecule has 31 heavy (non-hydrogen) atoms. The Morgan fingerprint density at radius 3 is 2.74 bits per heavy atom. The molecule has 0 aliphatic carbocycles. The summed E-state index contributed by atoms with van der Waals surface area (Å²) in [4.78, 5) is 26.4. The van der Waals surface area contributed by atoms with Crippen molar-refractivity contribution in [3.63, 3.8) is 0 Å². The molecule has 2 N–H and O–H groups in total. The van der Waals surface area contributed by atoms with Crippen LogP contribution in [0.3, 0.4) is 0 Å².